The van der Waals surface area contributed by atoms with Crippen LogP contribution < -0.4 is 5.32 Å². The predicted octanol–water partition coefficient (Wildman–Crippen LogP) is 2.05. The van der Waals surface area contributed by atoms with Gasteiger partial charge < -0.3 is 9.88 Å². The average molecular weight is 195 g/mol. The molecule has 3 heteroatoms. The minimum absolute atomic E-state index is 1.09. The van der Waals surface area contributed by atoms with Crippen LogP contribution in [0.15, 0.2) is 18.7 Å². The predicted molar refractivity (Wildman–Crippen MR) is 59.2 cm³/mol. The number of imidazole rings is 1. The Bertz CT molecular complexity index is 206. The molecule has 0 aliphatic carbocycles. The van der Waals surface area contributed by atoms with E-state index >= 15 is 0 Å². The second kappa shape index (κ2) is 7.56. The molecule has 0 spiro atoms. The van der Waals surface area contributed by atoms with Gasteiger partial charge in [-0.1, -0.05) is 19.8 Å². The number of nitrogens with one attached hydrogen (secondary N) is 1. The Morgan fingerprint density at radius 3 is 2.79 bits per heavy atom. The van der Waals surface area contributed by atoms with Crippen LogP contribution in [0.25, 0.3) is 0 Å². The largest absolute Gasteiger partial charge is 0.337 e. The van der Waals surface area contributed by atoms with Gasteiger partial charge in [0.15, 0.2) is 0 Å². The summed E-state index contributed by atoms with van der Waals surface area (Å²) in [4.78, 5) is 4.01. The molecule has 0 aliphatic heterocycles. The van der Waals surface area contributed by atoms with E-state index in [0.29, 0.717) is 0 Å². The van der Waals surface area contributed by atoms with Crippen molar-refractivity contribution >= 4 is 0 Å². The lowest BCUT2D eigenvalue weighted by molar-refractivity contribution is 0.555. The Morgan fingerprint density at radius 2 is 2.07 bits per heavy atom. The summed E-state index contributed by atoms with van der Waals surface area (Å²) in [6.07, 6.45) is 11.0. The normalized spacial score (nSPS) is 10.6. The smallest absolute Gasteiger partial charge is 0.0945 e. The van der Waals surface area contributed by atoms with Crippen molar-refractivity contribution in [3.05, 3.63) is 18.7 Å². The van der Waals surface area contributed by atoms with Crippen molar-refractivity contribution < 1.29 is 0 Å². The maximum Gasteiger partial charge on any atom is 0.0945 e. The van der Waals surface area contributed by atoms with E-state index in [9.17, 15) is 0 Å². The second-order valence-electron chi connectivity index (χ2n) is 3.57. The van der Waals surface area contributed by atoms with Crippen LogP contribution in [0.4, 0.5) is 0 Å². The van der Waals surface area contributed by atoms with E-state index in [1.54, 1.807) is 0 Å². The Labute approximate surface area is 86.5 Å². The maximum atomic E-state index is 4.01. The zero-order chi connectivity index (χ0) is 10.1. The van der Waals surface area contributed by atoms with Gasteiger partial charge in [0.2, 0.25) is 0 Å². The monoisotopic (exact) mass is 195 g/mol. The van der Waals surface area contributed by atoms with Gasteiger partial charge in [-0.2, -0.15) is 0 Å². The van der Waals surface area contributed by atoms with Crippen molar-refractivity contribution in [1.82, 2.24) is 14.9 Å². The number of aromatic nitrogens is 2. The first kappa shape index (κ1) is 11.2. The van der Waals surface area contributed by atoms with Crippen molar-refractivity contribution in [1.29, 1.82) is 0 Å². The molecule has 0 atom stereocenters. The summed E-state index contributed by atoms with van der Waals surface area (Å²) in [5.41, 5.74) is 0. The molecule has 0 saturated heterocycles. The van der Waals surface area contributed by atoms with Crippen LogP contribution in [0.3, 0.4) is 0 Å². The molecule has 0 unspecified atom stereocenters. The molecular formula is C11H21N3. The minimum Gasteiger partial charge on any atom is -0.337 e. The molecule has 1 N–H and O–H groups in total. The molecule has 80 valence electrons. The molecule has 0 aliphatic rings. The Kier molecular flexibility index (Phi) is 6.07. The van der Waals surface area contributed by atoms with Crippen molar-refractivity contribution in [2.75, 3.05) is 13.1 Å². The molecule has 1 heterocycles. The molecule has 3 nitrogen and oxygen atoms in total. The van der Waals surface area contributed by atoms with Crippen molar-refractivity contribution in [2.45, 2.75) is 39.2 Å². The summed E-state index contributed by atoms with van der Waals surface area (Å²) in [6.45, 7) is 5.52. The van der Waals surface area contributed by atoms with Crippen LogP contribution in [-0.2, 0) is 6.54 Å². The summed E-state index contributed by atoms with van der Waals surface area (Å²) >= 11 is 0. The third-order valence-electron chi connectivity index (χ3n) is 2.33. The highest BCUT2D eigenvalue weighted by Gasteiger charge is 1.91. The maximum absolute atomic E-state index is 4.01. The molecule has 0 amide bonds. The summed E-state index contributed by atoms with van der Waals surface area (Å²) in [6, 6.07) is 0. The van der Waals surface area contributed by atoms with E-state index in [-0.39, 0.29) is 0 Å². The first-order valence-corrected chi connectivity index (χ1v) is 5.60. The summed E-state index contributed by atoms with van der Waals surface area (Å²) in [5, 5.41) is 3.34. The van der Waals surface area contributed by atoms with Gasteiger partial charge in [-0.05, 0) is 25.9 Å². The molecular weight excluding hydrogens is 174 g/mol. The van der Waals surface area contributed by atoms with E-state index < -0.39 is 0 Å². The molecule has 0 radical (unpaired) electrons. The first-order chi connectivity index (χ1) is 6.93. The van der Waals surface area contributed by atoms with Crippen LogP contribution in [0.5, 0.6) is 0 Å². The van der Waals surface area contributed by atoms with Crippen LogP contribution >= 0.6 is 0 Å². The number of unbranched alkanes of at least 4 members (excludes halogenated alkanes) is 3. The van der Waals surface area contributed by atoms with Crippen molar-refractivity contribution in [2.24, 2.45) is 0 Å². The number of hydrogen-bond acceptors (Lipinski definition) is 2. The summed E-state index contributed by atoms with van der Waals surface area (Å²) < 4.78 is 2.14. The van der Waals surface area contributed by atoms with Gasteiger partial charge in [0.25, 0.3) is 0 Å². The van der Waals surface area contributed by atoms with Gasteiger partial charge >= 0.3 is 0 Å². The second-order valence-corrected chi connectivity index (χ2v) is 3.57. The fourth-order valence-corrected chi connectivity index (χ4v) is 1.49. The number of nitrogens with zero attached hydrogens (tertiary/aromatic N) is 2. The molecule has 14 heavy (non-hydrogen) atoms. The van der Waals surface area contributed by atoms with Gasteiger partial charge in [0.05, 0.1) is 6.33 Å². The van der Waals surface area contributed by atoms with Gasteiger partial charge in [-0.25, -0.2) is 4.98 Å². The Morgan fingerprint density at radius 1 is 1.21 bits per heavy atom. The molecule has 1 aromatic heterocycles. The van der Waals surface area contributed by atoms with E-state index in [2.05, 4.69) is 21.8 Å². The molecule has 0 fully saturated rings. The number of hydrogen-bond donors (Lipinski definition) is 1. The van der Waals surface area contributed by atoms with Crippen molar-refractivity contribution in [3.8, 4) is 0 Å². The van der Waals surface area contributed by atoms with Gasteiger partial charge in [0.1, 0.15) is 0 Å². The van der Waals surface area contributed by atoms with Crippen LogP contribution in [0, 0.1) is 0 Å². The zero-order valence-corrected chi connectivity index (χ0v) is 9.08. The lowest BCUT2D eigenvalue weighted by Gasteiger charge is -2.03. The third-order valence-corrected chi connectivity index (χ3v) is 2.33. The number of rotatable bonds is 8. The Hall–Kier alpha value is -0.830. The van der Waals surface area contributed by atoms with E-state index in [4.69, 9.17) is 0 Å². The van der Waals surface area contributed by atoms with Crippen molar-refractivity contribution in [3.63, 3.8) is 0 Å². The Balaban J connectivity index is 1.85. The molecule has 1 aromatic rings. The zero-order valence-electron chi connectivity index (χ0n) is 9.08. The van der Waals surface area contributed by atoms with Gasteiger partial charge in [-0.3, -0.25) is 0 Å². The van der Waals surface area contributed by atoms with Crippen LogP contribution in [0.2, 0.25) is 0 Å². The van der Waals surface area contributed by atoms with Crippen LogP contribution in [0.1, 0.15) is 32.6 Å². The molecule has 0 bridgehead atoms. The molecule has 1 rings (SSSR count). The van der Waals surface area contributed by atoms with E-state index in [1.165, 1.54) is 32.2 Å². The summed E-state index contributed by atoms with van der Waals surface area (Å²) in [7, 11) is 0. The fourth-order valence-electron chi connectivity index (χ4n) is 1.49. The molecule has 0 aromatic carbocycles. The average Bonchev–Trinajstić information content (AvgIpc) is 2.69. The fraction of sp³-hybridized carbons (Fsp3) is 0.727. The standard InChI is InChI=1S/C11H21N3/c1-2-12-7-5-3-4-6-9-14-10-8-13-11-14/h8,10-12H,2-7,9H2,1H3. The van der Waals surface area contributed by atoms with Gasteiger partial charge in [0, 0.05) is 18.9 Å². The number of aryl methyl sites for hydroxylation is 1. The van der Waals surface area contributed by atoms with E-state index in [1.807, 2.05) is 18.7 Å². The van der Waals surface area contributed by atoms with Gasteiger partial charge in [-0.15, -0.1) is 0 Å². The highest BCUT2D eigenvalue weighted by Crippen LogP contribution is 2.01. The highest BCUT2D eigenvalue weighted by atomic mass is 15.0. The quantitative estimate of drug-likeness (QED) is 0.643. The first-order valence-electron chi connectivity index (χ1n) is 5.60. The van der Waals surface area contributed by atoms with Crippen LogP contribution in [-0.4, -0.2) is 22.6 Å². The lowest BCUT2D eigenvalue weighted by atomic mass is 10.2. The minimum atomic E-state index is 1.09. The SMILES string of the molecule is CCNCCCCCCn1ccnc1. The summed E-state index contributed by atoms with van der Waals surface area (Å²) in [5.74, 6) is 0. The molecule has 0 saturated carbocycles. The third kappa shape index (κ3) is 5.02. The van der Waals surface area contributed by atoms with E-state index in [0.717, 1.165) is 13.1 Å². The topological polar surface area (TPSA) is 29.9 Å². The highest BCUT2D eigenvalue weighted by molar-refractivity contribution is 4.73. The lowest BCUT2D eigenvalue weighted by Crippen LogP contribution is -2.13.